The number of carbonyl (C=O) groups excluding carboxylic acids is 1. The summed E-state index contributed by atoms with van der Waals surface area (Å²) in [5, 5.41) is 4.12. The highest BCUT2D eigenvalue weighted by atomic mass is 19.4. The quantitative estimate of drug-likeness (QED) is 0.615. The van der Waals surface area contributed by atoms with Crippen LogP contribution in [0.2, 0.25) is 0 Å². The van der Waals surface area contributed by atoms with E-state index in [0.29, 0.717) is 0 Å². The molecule has 11 heteroatoms. The Morgan fingerprint density at radius 1 is 1.08 bits per heavy atom. The van der Waals surface area contributed by atoms with Gasteiger partial charge in [-0.25, -0.2) is 4.79 Å². The fourth-order valence-corrected chi connectivity index (χ4v) is 2.12. The van der Waals surface area contributed by atoms with Crippen LogP contribution in [0.4, 0.5) is 30.7 Å². The summed E-state index contributed by atoms with van der Waals surface area (Å²) >= 11 is 0. The third-order valence-electron chi connectivity index (χ3n) is 3.35. The van der Waals surface area contributed by atoms with Crippen LogP contribution in [0.15, 0.2) is 30.3 Å². The second kappa shape index (κ2) is 6.61. The lowest BCUT2D eigenvalue weighted by Crippen LogP contribution is -2.36. The summed E-state index contributed by atoms with van der Waals surface area (Å²) in [6, 6.07) is 5.63. The molecule has 2 rings (SSSR count). The van der Waals surface area contributed by atoms with Crippen LogP contribution >= 0.6 is 0 Å². The first-order valence-electron chi connectivity index (χ1n) is 7.08. The maximum Gasteiger partial charge on any atom is 0.459 e. The van der Waals surface area contributed by atoms with Gasteiger partial charge in [-0.2, -0.15) is 35.8 Å². The van der Waals surface area contributed by atoms with Crippen molar-refractivity contribution in [2.45, 2.75) is 24.9 Å². The maximum atomic E-state index is 14.6. The van der Waals surface area contributed by atoms with Gasteiger partial charge in [0.05, 0.1) is 6.61 Å². The summed E-state index contributed by atoms with van der Waals surface area (Å²) in [7, 11) is 0. The number of esters is 1. The summed E-state index contributed by atoms with van der Waals surface area (Å²) < 4.78 is 98.9. The second-order valence-corrected chi connectivity index (χ2v) is 5.06. The molecule has 26 heavy (non-hydrogen) atoms. The number of nitrogens with one attached hydrogen (secondary N) is 1. The van der Waals surface area contributed by atoms with Crippen LogP contribution in [0, 0.1) is 0 Å². The van der Waals surface area contributed by atoms with Gasteiger partial charge in [-0.3, -0.25) is 5.10 Å². The smallest absolute Gasteiger partial charge is 0.459 e. The number of carbonyl (C=O) groups is 1. The van der Waals surface area contributed by atoms with Crippen LogP contribution in [-0.4, -0.2) is 28.9 Å². The van der Waals surface area contributed by atoms with Crippen LogP contribution in [0.1, 0.15) is 34.2 Å². The molecule has 1 N–H and O–H groups in total. The summed E-state index contributed by atoms with van der Waals surface area (Å²) in [5.41, 5.74) is -6.07. The molecule has 0 atom stereocenters. The van der Waals surface area contributed by atoms with Crippen molar-refractivity contribution in [1.29, 1.82) is 0 Å². The van der Waals surface area contributed by atoms with Gasteiger partial charge in [-0.15, -0.1) is 0 Å². The summed E-state index contributed by atoms with van der Waals surface area (Å²) in [5.74, 6) is -11.5. The van der Waals surface area contributed by atoms with E-state index in [4.69, 9.17) is 0 Å². The van der Waals surface area contributed by atoms with Gasteiger partial charge in [-0.1, -0.05) is 30.3 Å². The van der Waals surface area contributed by atoms with Crippen molar-refractivity contribution in [3.8, 4) is 0 Å². The molecule has 142 valence electrons. The van der Waals surface area contributed by atoms with Crippen molar-refractivity contribution in [2.24, 2.45) is 0 Å². The van der Waals surface area contributed by atoms with Crippen molar-refractivity contribution < 1.29 is 40.3 Å². The maximum absolute atomic E-state index is 14.6. The van der Waals surface area contributed by atoms with Gasteiger partial charge in [0.15, 0.2) is 5.69 Å². The van der Waals surface area contributed by atoms with Crippen molar-refractivity contribution in [3.63, 3.8) is 0 Å². The van der Waals surface area contributed by atoms with E-state index in [2.05, 4.69) is 9.84 Å². The highest BCUT2D eigenvalue weighted by Crippen LogP contribution is 2.47. The van der Waals surface area contributed by atoms with E-state index in [1.54, 1.807) is 0 Å². The van der Waals surface area contributed by atoms with Crippen molar-refractivity contribution in [2.75, 3.05) is 6.61 Å². The van der Waals surface area contributed by atoms with E-state index in [1.807, 2.05) is 0 Å². The Balaban J connectivity index is 2.71. The van der Waals surface area contributed by atoms with Crippen molar-refractivity contribution >= 4 is 5.97 Å². The Kier molecular flexibility index (Phi) is 5.02. The third-order valence-corrected chi connectivity index (χ3v) is 3.35. The van der Waals surface area contributed by atoms with E-state index >= 15 is 0 Å². The fraction of sp³-hybridized carbons (Fsp3) is 0.333. The zero-order chi connectivity index (χ0) is 19.8. The van der Waals surface area contributed by atoms with Gasteiger partial charge in [0.25, 0.3) is 0 Å². The molecule has 0 radical (unpaired) electrons. The molecule has 1 aromatic carbocycles. The lowest BCUT2D eigenvalue weighted by Gasteiger charge is -2.20. The van der Waals surface area contributed by atoms with E-state index in [1.165, 1.54) is 30.2 Å². The number of halogens is 7. The topological polar surface area (TPSA) is 55.0 Å². The average Bonchev–Trinajstić information content (AvgIpc) is 3.01. The SMILES string of the molecule is CCOC(=O)c1c(C(F)(F)C(F)(F)F)n[nH]c1C(F)(F)c1ccccc1. The van der Waals surface area contributed by atoms with Gasteiger partial charge in [-0.05, 0) is 6.92 Å². The van der Waals surface area contributed by atoms with Gasteiger partial charge in [0.1, 0.15) is 11.3 Å². The van der Waals surface area contributed by atoms with Crippen molar-refractivity contribution in [1.82, 2.24) is 10.2 Å². The minimum Gasteiger partial charge on any atom is -0.462 e. The number of aromatic nitrogens is 2. The van der Waals surface area contributed by atoms with Gasteiger partial charge in [0, 0.05) is 5.56 Å². The first-order chi connectivity index (χ1) is 11.9. The molecular formula is C15H11F7N2O2. The van der Waals surface area contributed by atoms with Gasteiger partial charge < -0.3 is 4.74 Å². The summed E-state index contributed by atoms with van der Waals surface area (Å²) in [4.78, 5) is 11.9. The molecular weight excluding hydrogens is 373 g/mol. The molecule has 0 aliphatic rings. The predicted molar refractivity (Wildman–Crippen MR) is 73.9 cm³/mol. The Bertz CT molecular complexity index is 785. The number of H-pyrrole nitrogens is 1. The zero-order valence-corrected chi connectivity index (χ0v) is 13.0. The molecule has 0 amide bonds. The van der Waals surface area contributed by atoms with Gasteiger partial charge in [0.2, 0.25) is 0 Å². The molecule has 0 aliphatic carbocycles. The first-order valence-corrected chi connectivity index (χ1v) is 7.08. The molecule has 0 fully saturated rings. The van der Waals surface area contributed by atoms with Crippen LogP contribution < -0.4 is 0 Å². The highest BCUT2D eigenvalue weighted by Gasteiger charge is 2.63. The van der Waals surface area contributed by atoms with E-state index in [0.717, 1.165) is 12.1 Å². The highest BCUT2D eigenvalue weighted by molar-refractivity contribution is 5.92. The molecule has 1 aromatic heterocycles. The molecule has 0 spiro atoms. The summed E-state index contributed by atoms with van der Waals surface area (Å²) in [6.45, 7) is 0.798. The minimum absolute atomic E-state index is 0.433. The number of benzene rings is 1. The molecule has 1 heterocycles. The Hall–Kier alpha value is -2.59. The number of ether oxygens (including phenoxy) is 1. The standard InChI is InChI=1S/C15H11F7N2O2/c1-2-26-12(25)9-10(13(16,17)8-6-4-3-5-7-8)23-24-11(9)14(18,19)15(20,21)22/h3-7H,2H2,1H3,(H,23,24). The second-order valence-electron chi connectivity index (χ2n) is 5.06. The summed E-state index contributed by atoms with van der Waals surface area (Å²) in [6.07, 6.45) is -6.15. The molecule has 0 unspecified atom stereocenters. The van der Waals surface area contributed by atoms with Crippen LogP contribution in [0.5, 0.6) is 0 Å². The normalized spacial score (nSPS) is 12.9. The molecule has 0 saturated carbocycles. The number of alkyl halides is 7. The van der Waals surface area contributed by atoms with E-state index in [-0.39, 0.29) is 0 Å². The first kappa shape index (κ1) is 19.7. The Labute approximate surface area is 142 Å². The molecule has 2 aromatic rings. The Morgan fingerprint density at radius 3 is 2.15 bits per heavy atom. The zero-order valence-electron chi connectivity index (χ0n) is 13.0. The minimum atomic E-state index is -6.15. The molecule has 0 bridgehead atoms. The lowest BCUT2D eigenvalue weighted by atomic mass is 9.99. The van der Waals surface area contributed by atoms with Crippen LogP contribution in [0.25, 0.3) is 0 Å². The third kappa shape index (κ3) is 3.25. The van der Waals surface area contributed by atoms with Gasteiger partial charge >= 0.3 is 24.0 Å². The number of aromatic amines is 1. The Morgan fingerprint density at radius 2 is 1.65 bits per heavy atom. The van der Waals surface area contributed by atoms with Crippen LogP contribution in [0.3, 0.4) is 0 Å². The fourth-order valence-electron chi connectivity index (χ4n) is 2.12. The van der Waals surface area contributed by atoms with E-state index < -0.39 is 53.1 Å². The lowest BCUT2D eigenvalue weighted by molar-refractivity contribution is -0.291. The van der Waals surface area contributed by atoms with Crippen molar-refractivity contribution in [3.05, 3.63) is 52.8 Å². The van der Waals surface area contributed by atoms with E-state index in [9.17, 15) is 35.5 Å². The molecule has 0 aliphatic heterocycles. The average molecular weight is 384 g/mol. The monoisotopic (exact) mass is 384 g/mol. The molecule has 0 saturated heterocycles. The largest absolute Gasteiger partial charge is 0.462 e. The number of hydrogen-bond donors (Lipinski definition) is 1. The number of hydrogen-bond acceptors (Lipinski definition) is 3. The number of nitrogens with zero attached hydrogens (tertiary/aromatic N) is 1. The van der Waals surface area contributed by atoms with Crippen LogP contribution in [-0.2, 0) is 16.6 Å². The molecule has 4 nitrogen and oxygen atoms in total. The predicted octanol–water partition coefficient (Wildman–Crippen LogP) is 4.38. The number of rotatable bonds is 5.